The van der Waals surface area contributed by atoms with Crippen molar-refractivity contribution in [2.24, 2.45) is 7.05 Å². The fourth-order valence-corrected chi connectivity index (χ4v) is 2.37. The van der Waals surface area contributed by atoms with Crippen LogP contribution in [0.4, 0.5) is 10.1 Å². The molecule has 8 heteroatoms. The first-order valence-corrected chi connectivity index (χ1v) is 8.48. The molecule has 1 heterocycles. The second-order valence-electron chi connectivity index (χ2n) is 6.77. The summed E-state index contributed by atoms with van der Waals surface area (Å²) in [4.78, 5) is 24.8. The molecule has 0 unspecified atom stereocenters. The molecule has 1 amide bonds. The Morgan fingerprint density at radius 1 is 1.22 bits per heavy atom. The van der Waals surface area contributed by atoms with Crippen molar-refractivity contribution in [2.45, 2.75) is 46.3 Å². The molecule has 0 aliphatic rings. The van der Waals surface area contributed by atoms with Crippen LogP contribution in [0.1, 0.15) is 32.2 Å². The number of nitrogens with one attached hydrogen (secondary N) is 1. The number of ether oxygens (including phenoxy) is 2. The van der Waals surface area contributed by atoms with Gasteiger partial charge in [-0.1, -0.05) is 0 Å². The molecule has 0 bridgehead atoms. The molecule has 2 aromatic rings. The van der Waals surface area contributed by atoms with E-state index in [-0.39, 0.29) is 0 Å². The van der Waals surface area contributed by atoms with Gasteiger partial charge < -0.3 is 14.8 Å². The summed E-state index contributed by atoms with van der Waals surface area (Å²) in [5.74, 6) is -1.28. The number of anilines is 1. The average Bonchev–Trinajstić information content (AvgIpc) is 2.82. The van der Waals surface area contributed by atoms with Crippen molar-refractivity contribution in [3.05, 3.63) is 41.5 Å². The lowest BCUT2D eigenvalue weighted by Gasteiger charge is -2.26. The molecule has 0 saturated carbocycles. The van der Waals surface area contributed by atoms with Crippen LogP contribution in [0.25, 0.3) is 0 Å². The molecule has 1 atom stereocenters. The molecule has 0 aliphatic carbocycles. The maximum Gasteiger partial charge on any atom is 0.350 e. The normalized spacial score (nSPS) is 12.4. The van der Waals surface area contributed by atoms with Crippen LogP contribution in [0, 0.1) is 19.7 Å². The summed E-state index contributed by atoms with van der Waals surface area (Å²) in [6.07, 6.45) is -1.03. The van der Waals surface area contributed by atoms with Crippen molar-refractivity contribution in [3.63, 3.8) is 0 Å². The monoisotopic (exact) mass is 377 g/mol. The van der Waals surface area contributed by atoms with Crippen molar-refractivity contribution in [2.75, 3.05) is 5.32 Å². The predicted octanol–water partition coefficient (Wildman–Crippen LogP) is 2.90. The van der Waals surface area contributed by atoms with Gasteiger partial charge in [0.2, 0.25) is 0 Å². The Morgan fingerprint density at radius 2 is 1.81 bits per heavy atom. The maximum atomic E-state index is 13.0. The van der Waals surface area contributed by atoms with E-state index in [0.717, 1.165) is 5.69 Å². The quantitative estimate of drug-likeness (QED) is 0.783. The number of aromatic nitrogens is 2. The molecule has 146 valence electrons. The zero-order valence-corrected chi connectivity index (χ0v) is 16.3. The van der Waals surface area contributed by atoms with Gasteiger partial charge in [-0.15, -0.1) is 0 Å². The standard InChI is InChI=1S/C19H24FN3O4/c1-11-16(12(2)23(6)22-11)21-17(24)13(3)26-18(25)19(4,5)27-15-9-7-14(20)8-10-15/h7-10,13H,1-6H3,(H,21,24)/t13-/m0/s1. The summed E-state index contributed by atoms with van der Waals surface area (Å²) < 4.78 is 25.5. The lowest BCUT2D eigenvalue weighted by atomic mass is 10.1. The van der Waals surface area contributed by atoms with Crippen LogP contribution >= 0.6 is 0 Å². The lowest BCUT2D eigenvalue weighted by Crippen LogP contribution is -2.43. The van der Waals surface area contributed by atoms with Gasteiger partial charge in [-0.3, -0.25) is 9.48 Å². The van der Waals surface area contributed by atoms with Crippen LogP contribution < -0.4 is 10.1 Å². The highest BCUT2D eigenvalue weighted by Crippen LogP contribution is 2.22. The topological polar surface area (TPSA) is 82.5 Å². The van der Waals surface area contributed by atoms with Crippen molar-refractivity contribution in [1.29, 1.82) is 0 Å². The molecule has 0 aliphatic heterocycles. The molecule has 1 aromatic heterocycles. The number of halogens is 1. The smallest absolute Gasteiger partial charge is 0.350 e. The van der Waals surface area contributed by atoms with Crippen LogP contribution in [-0.2, 0) is 21.4 Å². The number of benzene rings is 1. The minimum atomic E-state index is -1.35. The van der Waals surface area contributed by atoms with E-state index in [1.54, 1.807) is 18.7 Å². The molecule has 0 spiro atoms. The van der Waals surface area contributed by atoms with Crippen molar-refractivity contribution in [3.8, 4) is 5.75 Å². The molecule has 0 saturated heterocycles. The molecular formula is C19H24FN3O4. The van der Waals surface area contributed by atoms with Crippen molar-refractivity contribution >= 4 is 17.6 Å². The molecule has 7 nitrogen and oxygen atoms in total. The van der Waals surface area contributed by atoms with Gasteiger partial charge in [-0.2, -0.15) is 5.10 Å². The number of hydrogen-bond donors (Lipinski definition) is 1. The summed E-state index contributed by atoms with van der Waals surface area (Å²) in [6, 6.07) is 5.28. The largest absolute Gasteiger partial charge is 0.476 e. The first-order valence-electron chi connectivity index (χ1n) is 8.48. The Bertz CT molecular complexity index is 843. The molecular weight excluding hydrogens is 353 g/mol. The van der Waals surface area contributed by atoms with Crippen LogP contribution in [0.15, 0.2) is 24.3 Å². The minimum Gasteiger partial charge on any atom is -0.476 e. The van der Waals surface area contributed by atoms with Crippen molar-refractivity contribution < 1.29 is 23.5 Å². The number of rotatable bonds is 6. The van der Waals surface area contributed by atoms with E-state index in [4.69, 9.17) is 9.47 Å². The Kier molecular flexibility index (Phi) is 5.88. The van der Waals surface area contributed by atoms with Gasteiger partial charge in [0.1, 0.15) is 11.6 Å². The van der Waals surface area contributed by atoms with E-state index in [1.807, 2.05) is 6.92 Å². The molecule has 1 N–H and O–H groups in total. The summed E-state index contributed by atoms with van der Waals surface area (Å²) in [6.45, 7) is 8.10. The zero-order valence-electron chi connectivity index (χ0n) is 16.3. The fraction of sp³-hybridized carbons (Fsp3) is 0.421. The SMILES string of the molecule is Cc1nn(C)c(C)c1NC(=O)[C@H](C)OC(=O)C(C)(C)Oc1ccc(F)cc1. The van der Waals surface area contributed by atoms with E-state index in [1.165, 1.54) is 45.0 Å². The molecule has 27 heavy (non-hydrogen) atoms. The Hall–Kier alpha value is -2.90. The second-order valence-corrected chi connectivity index (χ2v) is 6.77. The maximum absolute atomic E-state index is 13.0. The van der Waals surface area contributed by atoms with Crippen LogP contribution in [-0.4, -0.2) is 33.4 Å². The van der Waals surface area contributed by atoms with E-state index in [0.29, 0.717) is 17.1 Å². The molecule has 1 aromatic carbocycles. The van der Waals surface area contributed by atoms with E-state index in [9.17, 15) is 14.0 Å². The zero-order chi connectivity index (χ0) is 20.4. The first kappa shape index (κ1) is 20.4. The number of carbonyl (C=O) groups excluding carboxylic acids is 2. The average molecular weight is 377 g/mol. The van der Waals surface area contributed by atoms with Crippen molar-refractivity contribution in [1.82, 2.24) is 9.78 Å². The summed E-state index contributed by atoms with van der Waals surface area (Å²) in [7, 11) is 1.77. The first-order chi connectivity index (χ1) is 12.5. The number of hydrogen-bond acceptors (Lipinski definition) is 5. The Labute approximate surface area is 157 Å². The van der Waals surface area contributed by atoms with Crippen LogP contribution in [0.2, 0.25) is 0 Å². The highest BCUT2D eigenvalue weighted by atomic mass is 19.1. The van der Waals surface area contributed by atoms with Gasteiger partial charge in [0.05, 0.1) is 17.1 Å². The Morgan fingerprint density at radius 3 is 2.33 bits per heavy atom. The molecule has 0 fully saturated rings. The Balaban J connectivity index is 2.00. The third-order valence-corrected chi connectivity index (χ3v) is 4.09. The van der Waals surface area contributed by atoms with Gasteiger partial charge >= 0.3 is 5.97 Å². The van der Waals surface area contributed by atoms with Crippen LogP contribution in [0.5, 0.6) is 5.75 Å². The van der Waals surface area contributed by atoms with Gasteiger partial charge in [0.15, 0.2) is 11.7 Å². The predicted molar refractivity (Wildman–Crippen MR) is 98.0 cm³/mol. The van der Waals surface area contributed by atoms with Gasteiger partial charge in [0.25, 0.3) is 5.91 Å². The number of aryl methyl sites for hydroxylation is 2. The number of carbonyl (C=O) groups is 2. The van der Waals surface area contributed by atoms with Crippen LogP contribution in [0.3, 0.4) is 0 Å². The third kappa shape index (κ3) is 4.84. The third-order valence-electron chi connectivity index (χ3n) is 4.09. The van der Waals surface area contributed by atoms with E-state index in [2.05, 4.69) is 10.4 Å². The number of esters is 1. The number of nitrogens with zero attached hydrogens (tertiary/aromatic N) is 2. The highest BCUT2D eigenvalue weighted by molar-refractivity contribution is 5.96. The minimum absolute atomic E-state index is 0.317. The van der Waals surface area contributed by atoms with E-state index >= 15 is 0 Å². The molecule has 0 radical (unpaired) electrons. The summed E-state index contributed by atoms with van der Waals surface area (Å²) in [5, 5.41) is 6.95. The summed E-state index contributed by atoms with van der Waals surface area (Å²) >= 11 is 0. The van der Waals surface area contributed by atoms with Gasteiger partial charge in [-0.25, -0.2) is 9.18 Å². The van der Waals surface area contributed by atoms with Gasteiger partial charge in [-0.05, 0) is 58.9 Å². The fourth-order valence-electron chi connectivity index (χ4n) is 2.37. The highest BCUT2D eigenvalue weighted by Gasteiger charge is 2.34. The summed E-state index contributed by atoms with van der Waals surface area (Å²) in [5.41, 5.74) is 0.695. The number of amides is 1. The van der Waals surface area contributed by atoms with Gasteiger partial charge in [0, 0.05) is 7.05 Å². The second kappa shape index (κ2) is 7.77. The van der Waals surface area contributed by atoms with E-state index < -0.39 is 29.4 Å². The molecule has 2 rings (SSSR count). The lowest BCUT2D eigenvalue weighted by molar-refractivity contribution is -0.166.